The molecule has 3 N–H and O–H groups in total. The number of hydrogen-bond acceptors (Lipinski definition) is 3. The lowest BCUT2D eigenvalue weighted by Crippen LogP contribution is -2.29. The molecule has 0 aromatic heterocycles. The number of anilines is 2. The number of carbonyl (C=O) groups is 1. The first-order valence-corrected chi connectivity index (χ1v) is 8.24. The van der Waals surface area contributed by atoms with Crippen LogP contribution in [-0.4, -0.2) is 25.0 Å². The summed E-state index contributed by atoms with van der Waals surface area (Å²) >= 11 is 0. The Morgan fingerprint density at radius 3 is 2.73 bits per heavy atom. The molecule has 0 spiro atoms. The van der Waals surface area contributed by atoms with Crippen molar-refractivity contribution >= 4 is 17.3 Å². The molecule has 3 rings (SSSR count). The van der Waals surface area contributed by atoms with Gasteiger partial charge < -0.3 is 16.0 Å². The maximum absolute atomic E-state index is 14.2. The Bertz CT molecular complexity index is 543. The van der Waals surface area contributed by atoms with Gasteiger partial charge in [0.25, 0.3) is 0 Å². The Kier molecular flexibility index (Phi) is 4.62. The molecule has 1 aliphatic carbocycles. The summed E-state index contributed by atoms with van der Waals surface area (Å²) in [7, 11) is 0. The Hall–Kier alpha value is -1.62. The molecule has 120 valence electrons. The summed E-state index contributed by atoms with van der Waals surface area (Å²) in [6.45, 7) is 1.83. The van der Waals surface area contributed by atoms with E-state index in [0.717, 1.165) is 50.9 Å². The van der Waals surface area contributed by atoms with Crippen LogP contribution in [0.1, 0.15) is 38.5 Å². The summed E-state index contributed by atoms with van der Waals surface area (Å²) < 4.78 is 14.2. The largest absolute Gasteiger partial charge is 0.370 e. The summed E-state index contributed by atoms with van der Waals surface area (Å²) in [5.41, 5.74) is 7.13. The van der Waals surface area contributed by atoms with Crippen molar-refractivity contribution < 1.29 is 9.18 Å². The fourth-order valence-electron chi connectivity index (χ4n) is 3.61. The van der Waals surface area contributed by atoms with Crippen LogP contribution in [0.15, 0.2) is 18.2 Å². The Labute approximate surface area is 130 Å². The molecule has 5 heteroatoms. The normalized spacial score (nSPS) is 24.7. The van der Waals surface area contributed by atoms with Gasteiger partial charge in [-0.15, -0.1) is 0 Å². The third-order valence-electron chi connectivity index (χ3n) is 4.87. The molecule has 1 aliphatic heterocycles. The minimum atomic E-state index is -0.367. The molecule has 2 aliphatic rings. The molecular formula is C17H24FN3O. The van der Waals surface area contributed by atoms with Gasteiger partial charge in [0.1, 0.15) is 11.5 Å². The van der Waals surface area contributed by atoms with Gasteiger partial charge in [0.05, 0.1) is 5.69 Å². The van der Waals surface area contributed by atoms with Crippen LogP contribution in [0, 0.1) is 11.7 Å². The number of nitrogens with one attached hydrogen (secondary N) is 1. The van der Waals surface area contributed by atoms with Crippen molar-refractivity contribution in [3.8, 4) is 0 Å². The Morgan fingerprint density at radius 2 is 2.05 bits per heavy atom. The van der Waals surface area contributed by atoms with Gasteiger partial charge in [-0.25, -0.2) is 4.39 Å². The second-order valence-corrected chi connectivity index (χ2v) is 6.44. The highest BCUT2D eigenvalue weighted by molar-refractivity contribution is 5.94. The molecule has 1 saturated heterocycles. The molecule has 0 bridgehead atoms. The maximum Gasteiger partial charge on any atom is 0.224 e. The highest BCUT2D eigenvalue weighted by atomic mass is 19.1. The van der Waals surface area contributed by atoms with Crippen molar-refractivity contribution in [2.45, 2.75) is 44.6 Å². The number of para-hydroxylation sites is 1. The van der Waals surface area contributed by atoms with E-state index in [1.54, 1.807) is 6.07 Å². The summed E-state index contributed by atoms with van der Waals surface area (Å²) in [5.74, 6) is -0.275. The van der Waals surface area contributed by atoms with Crippen LogP contribution < -0.4 is 16.0 Å². The van der Waals surface area contributed by atoms with Crippen LogP contribution in [0.5, 0.6) is 0 Å². The van der Waals surface area contributed by atoms with Gasteiger partial charge in [-0.1, -0.05) is 12.5 Å². The molecule has 1 amide bonds. The first-order valence-electron chi connectivity index (χ1n) is 8.24. The van der Waals surface area contributed by atoms with E-state index in [-0.39, 0.29) is 23.7 Å². The minimum Gasteiger partial charge on any atom is -0.370 e. The molecule has 0 unspecified atom stereocenters. The van der Waals surface area contributed by atoms with Crippen molar-refractivity contribution in [3.63, 3.8) is 0 Å². The van der Waals surface area contributed by atoms with Gasteiger partial charge >= 0.3 is 0 Å². The van der Waals surface area contributed by atoms with Crippen molar-refractivity contribution in [3.05, 3.63) is 24.0 Å². The summed E-state index contributed by atoms with van der Waals surface area (Å²) in [6.07, 6.45) is 5.66. The number of amides is 1. The lowest BCUT2D eigenvalue weighted by atomic mass is 10.00. The average molecular weight is 305 g/mol. The third-order valence-corrected chi connectivity index (χ3v) is 4.87. The predicted molar refractivity (Wildman–Crippen MR) is 86.4 cm³/mol. The minimum absolute atomic E-state index is 0.101. The number of halogens is 1. The second kappa shape index (κ2) is 6.65. The molecular weight excluding hydrogens is 281 g/mol. The van der Waals surface area contributed by atoms with E-state index in [1.165, 1.54) is 6.07 Å². The quantitative estimate of drug-likeness (QED) is 0.899. The zero-order valence-corrected chi connectivity index (χ0v) is 12.9. The van der Waals surface area contributed by atoms with Gasteiger partial charge in [0, 0.05) is 25.6 Å². The number of rotatable bonds is 4. The fraction of sp³-hybridized carbons (Fsp3) is 0.588. The van der Waals surface area contributed by atoms with Crippen molar-refractivity contribution in [2.75, 3.05) is 23.3 Å². The molecule has 1 aromatic carbocycles. The number of nitrogens with two attached hydrogens (primary N) is 1. The van der Waals surface area contributed by atoms with Gasteiger partial charge in [-0.2, -0.15) is 0 Å². The van der Waals surface area contributed by atoms with E-state index >= 15 is 0 Å². The molecule has 2 atom stereocenters. The molecule has 22 heavy (non-hydrogen) atoms. The van der Waals surface area contributed by atoms with Gasteiger partial charge in [-0.3, -0.25) is 4.79 Å². The lowest BCUT2D eigenvalue weighted by Gasteiger charge is -2.22. The van der Waals surface area contributed by atoms with Crippen LogP contribution in [0.4, 0.5) is 15.8 Å². The molecule has 1 saturated carbocycles. The first-order chi connectivity index (χ1) is 10.6. The van der Waals surface area contributed by atoms with Crippen LogP contribution in [0.3, 0.4) is 0 Å². The van der Waals surface area contributed by atoms with Crippen molar-refractivity contribution in [1.82, 2.24) is 0 Å². The van der Waals surface area contributed by atoms with E-state index in [9.17, 15) is 9.18 Å². The van der Waals surface area contributed by atoms with Crippen molar-refractivity contribution in [1.29, 1.82) is 0 Å². The average Bonchev–Trinajstić information content (AvgIpc) is 3.14. The number of nitrogens with zero attached hydrogens (tertiary/aromatic N) is 1. The topological polar surface area (TPSA) is 58.4 Å². The zero-order chi connectivity index (χ0) is 15.5. The highest BCUT2D eigenvalue weighted by Crippen LogP contribution is 2.32. The fourth-order valence-corrected chi connectivity index (χ4v) is 3.61. The van der Waals surface area contributed by atoms with E-state index < -0.39 is 0 Å². The second-order valence-electron chi connectivity index (χ2n) is 6.44. The summed E-state index contributed by atoms with van der Waals surface area (Å²) in [6, 6.07) is 5.08. The third kappa shape index (κ3) is 3.24. The van der Waals surface area contributed by atoms with E-state index in [2.05, 4.69) is 10.2 Å². The van der Waals surface area contributed by atoms with E-state index in [0.29, 0.717) is 12.1 Å². The first kappa shape index (κ1) is 15.3. The highest BCUT2D eigenvalue weighted by Gasteiger charge is 2.27. The van der Waals surface area contributed by atoms with Gasteiger partial charge in [0.15, 0.2) is 0 Å². The lowest BCUT2D eigenvalue weighted by molar-refractivity contribution is -0.117. The van der Waals surface area contributed by atoms with Crippen molar-refractivity contribution in [2.24, 2.45) is 11.7 Å². The van der Waals surface area contributed by atoms with Crippen LogP contribution >= 0.6 is 0 Å². The molecule has 0 radical (unpaired) electrons. The summed E-state index contributed by atoms with van der Waals surface area (Å²) in [4.78, 5) is 14.4. The zero-order valence-electron chi connectivity index (χ0n) is 12.9. The van der Waals surface area contributed by atoms with E-state index in [1.807, 2.05) is 6.07 Å². The molecule has 2 fully saturated rings. The smallest absolute Gasteiger partial charge is 0.224 e. The number of benzene rings is 1. The maximum atomic E-state index is 14.2. The van der Waals surface area contributed by atoms with Gasteiger partial charge in [0.2, 0.25) is 5.91 Å². The Morgan fingerprint density at radius 1 is 1.27 bits per heavy atom. The summed E-state index contributed by atoms with van der Waals surface area (Å²) in [5, 5.41) is 2.79. The SMILES string of the molecule is N[C@@H]1CCC[C@H]1CC(=O)Nc1c(F)cccc1N1CCCC1. The molecule has 1 aromatic rings. The van der Waals surface area contributed by atoms with Crippen LogP contribution in [0.25, 0.3) is 0 Å². The van der Waals surface area contributed by atoms with Crippen LogP contribution in [0.2, 0.25) is 0 Å². The van der Waals surface area contributed by atoms with Gasteiger partial charge in [-0.05, 0) is 43.7 Å². The standard InChI is InChI=1S/C17H24FN3O/c18-13-6-4-8-15(21-9-1-2-10-21)17(13)20-16(22)11-12-5-3-7-14(12)19/h4,6,8,12,14H,1-3,5,7,9-11,19H2,(H,20,22)/t12-,14+/m0/s1. The molecule has 4 nitrogen and oxygen atoms in total. The predicted octanol–water partition coefficient (Wildman–Crippen LogP) is 2.88. The van der Waals surface area contributed by atoms with Crippen LogP contribution in [-0.2, 0) is 4.79 Å². The van der Waals surface area contributed by atoms with E-state index in [4.69, 9.17) is 5.73 Å². The molecule has 1 heterocycles. The number of hydrogen-bond donors (Lipinski definition) is 2. The number of carbonyl (C=O) groups excluding carboxylic acids is 1. The monoisotopic (exact) mass is 305 g/mol. The Balaban J connectivity index is 1.72.